The predicted octanol–water partition coefficient (Wildman–Crippen LogP) is 3.16. The zero-order valence-corrected chi connectivity index (χ0v) is 16.6. The van der Waals surface area contributed by atoms with Gasteiger partial charge in [-0.2, -0.15) is 0 Å². The van der Waals surface area contributed by atoms with Crippen LogP contribution in [0.25, 0.3) is 11.4 Å². The number of rotatable bonds is 7. The first kappa shape index (κ1) is 19.0. The Labute approximate surface area is 162 Å². The Bertz CT molecular complexity index is 906. The molecule has 0 saturated heterocycles. The van der Waals surface area contributed by atoms with Crippen LogP contribution in [0.5, 0.6) is 5.75 Å². The van der Waals surface area contributed by atoms with Gasteiger partial charge in [-0.25, -0.2) is 0 Å². The number of methoxy groups -OCH3 is 1. The summed E-state index contributed by atoms with van der Waals surface area (Å²) in [6.45, 7) is 2.34. The largest absolute Gasteiger partial charge is 0.497 e. The van der Waals surface area contributed by atoms with Crippen molar-refractivity contribution in [2.24, 2.45) is 0 Å². The van der Waals surface area contributed by atoms with Gasteiger partial charge in [0.1, 0.15) is 11.5 Å². The molecule has 3 rings (SSSR count). The molecule has 1 aromatic carbocycles. The zero-order valence-electron chi connectivity index (χ0n) is 15.7. The fraction of sp³-hybridized carbons (Fsp3) is 0.316. The molecule has 2 heterocycles. The molecule has 0 fully saturated rings. The van der Waals surface area contributed by atoms with Crippen LogP contribution in [-0.4, -0.2) is 52.0 Å². The highest BCUT2D eigenvalue weighted by molar-refractivity contribution is 8.00. The van der Waals surface area contributed by atoms with E-state index in [2.05, 4.69) is 10.2 Å². The smallest absolute Gasteiger partial charge is 0.235 e. The Morgan fingerprint density at radius 2 is 2.11 bits per heavy atom. The Morgan fingerprint density at radius 1 is 1.30 bits per heavy atom. The Kier molecular flexibility index (Phi) is 5.85. The van der Waals surface area contributed by atoms with Crippen LogP contribution in [0.4, 0.5) is 0 Å². The quantitative estimate of drug-likeness (QED) is 0.581. The lowest BCUT2D eigenvalue weighted by molar-refractivity contribution is -0.127. The summed E-state index contributed by atoms with van der Waals surface area (Å²) in [5.74, 6) is 2.24. The van der Waals surface area contributed by atoms with Crippen molar-refractivity contribution in [1.29, 1.82) is 0 Å². The molecule has 0 aliphatic rings. The van der Waals surface area contributed by atoms with E-state index in [0.29, 0.717) is 17.5 Å². The van der Waals surface area contributed by atoms with Gasteiger partial charge in [-0.15, -0.1) is 10.2 Å². The van der Waals surface area contributed by atoms with Crippen LogP contribution in [0.2, 0.25) is 0 Å². The van der Waals surface area contributed by atoms with E-state index >= 15 is 0 Å². The SMILES string of the molecule is COc1cccc(-c2nnc(S[C@@H](C)C(=O)N(C)C)n2Cc2ccco2)c1. The van der Waals surface area contributed by atoms with Crippen molar-refractivity contribution >= 4 is 17.7 Å². The molecule has 0 aliphatic heterocycles. The summed E-state index contributed by atoms with van der Waals surface area (Å²) in [4.78, 5) is 13.8. The van der Waals surface area contributed by atoms with Crippen LogP contribution < -0.4 is 4.74 Å². The second-order valence-electron chi connectivity index (χ2n) is 6.20. The van der Waals surface area contributed by atoms with Gasteiger partial charge in [0, 0.05) is 19.7 Å². The molecule has 0 bridgehead atoms. The van der Waals surface area contributed by atoms with Crippen LogP contribution in [0, 0.1) is 0 Å². The molecule has 1 atom stereocenters. The fourth-order valence-corrected chi connectivity index (χ4v) is 3.62. The summed E-state index contributed by atoms with van der Waals surface area (Å²) >= 11 is 1.38. The predicted molar refractivity (Wildman–Crippen MR) is 104 cm³/mol. The summed E-state index contributed by atoms with van der Waals surface area (Å²) in [7, 11) is 5.12. The number of carbonyl (C=O) groups is 1. The van der Waals surface area contributed by atoms with E-state index in [1.807, 2.05) is 47.9 Å². The van der Waals surface area contributed by atoms with Gasteiger partial charge >= 0.3 is 0 Å². The maximum atomic E-state index is 12.2. The highest BCUT2D eigenvalue weighted by Crippen LogP contribution is 2.29. The number of carbonyl (C=O) groups excluding carboxylic acids is 1. The Morgan fingerprint density at radius 3 is 2.78 bits per heavy atom. The number of thioether (sulfide) groups is 1. The van der Waals surface area contributed by atoms with Crippen LogP contribution in [0.1, 0.15) is 12.7 Å². The number of furan rings is 1. The monoisotopic (exact) mass is 386 g/mol. The standard InChI is InChI=1S/C19H22N4O3S/c1-13(18(24)22(2)3)27-19-21-20-17(14-7-5-8-15(11-14)25-4)23(19)12-16-9-6-10-26-16/h5-11,13H,12H2,1-4H3/t13-/m0/s1. The number of nitrogens with zero attached hydrogens (tertiary/aromatic N) is 4. The summed E-state index contributed by atoms with van der Waals surface area (Å²) in [6.07, 6.45) is 1.63. The van der Waals surface area contributed by atoms with E-state index < -0.39 is 0 Å². The van der Waals surface area contributed by atoms with Gasteiger partial charge < -0.3 is 14.1 Å². The van der Waals surface area contributed by atoms with Gasteiger partial charge in [0.2, 0.25) is 5.91 Å². The molecular weight excluding hydrogens is 364 g/mol. The van der Waals surface area contributed by atoms with E-state index in [4.69, 9.17) is 9.15 Å². The van der Waals surface area contributed by atoms with Gasteiger partial charge in [0.15, 0.2) is 11.0 Å². The van der Waals surface area contributed by atoms with Crippen molar-refractivity contribution in [2.45, 2.75) is 23.9 Å². The number of amides is 1. The molecule has 2 aromatic heterocycles. The zero-order chi connectivity index (χ0) is 19.4. The molecule has 0 spiro atoms. The number of aromatic nitrogens is 3. The summed E-state index contributed by atoms with van der Waals surface area (Å²) in [5, 5.41) is 9.08. The minimum atomic E-state index is -0.280. The minimum absolute atomic E-state index is 0.0236. The van der Waals surface area contributed by atoms with E-state index in [1.165, 1.54) is 11.8 Å². The maximum Gasteiger partial charge on any atom is 0.235 e. The second-order valence-corrected chi connectivity index (χ2v) is 7.50. The molecule has 8 heteroatoms. The highest BCUT2D eigenvalue weighted by atomic mass is 32.2. The third kappa shape index (κ3) is 4.33. The van der Waals surface area contributed by atoms with Crippen LogP contribution in [0.3, 0.4) is 0 Å². The first-order valence-corrected chi connectivity index (χ1v) is 9.35. The minimum Gasteiger partial charge on any atom is -0.497 e. The lowest BCUT2D eigenvalue weighted by atomic mass is 10.2. The van der Waals surface area contributed by atoms with Crippen molar-refractivity contribution in [2.75, 3.05) is 21.2 Å². The van der Waals surface area contributed by atoms with Crippen LogP contribution in [-0.2, 0) is 11.3 Å². The molecule has 0 aliphatic carbocycles. The molecular formula is C19H22N4O3S. The van der Waals surface area contributed by atoms with Crippen molar-refractivity contribution in [3.05, 3.63) is 48.4 Å². The van der Waals surface area contributed by atoms with Crippen molar-refractivity contribution in [3.63, 3.8) is 0 Å². The Balaban J connectivity index is 1.98. The van der Waals surface area contributed by atoms with Gasteiger partial charge in [-0.3, -0.25) is 9.36 Å². The third-order valence-electron chi connectivity index (χ3n) is 4.01. The summed E-state index contributed by atoms with van der Waals surface area (Å²) in [5.41, 5.74) is 0.881. The van der Waals surface area contributed by atoms with Crippen LogP contribution >= 0.6 is 11.8 Å². The molecule has 142 valence electrons. The molecule has 1 amide bonds. The number of ether oxygens (including phenoxy) is 1. The molecule has 27 heavy (non-hydrogen) atoms. The van der Waals surface area contributed by atoms with Gasteiger partial charge in [-0.1, -0.05) is 23.9 Å². The highest BCUT2D eigenvalue weighted by Gasteiger charge is 2.22. The van der Waals surface area contributed by atoms with E-state index in [1.54, 1.807) is 32.4 Å². The van der Waals surface area contributed by atoms with Crippen molar-refractivity contribution < 1.29 is 13.9 Å². The molecule has 7 nitrogen and oxygen atoms in total. The number of hydrogen-bond acceptors (Lipinski definition) is 6. The first-order chi connectivity index (χ1) is 13.0. The first-order valence-electron chi connectivity index (χ1n) is 8.47. The second kappa shape index (κ2) is 8.30. The van der Waals surface area contributed by atoms with Gasteiger partial charge in [0.25, 0.3) is 0 Å². The summed E-state index contributed by atoms with van der Waals surface area (Å²) in [6, 6.07) is 11.4. The van der Waals surface area contributed by atoms with E-state index in [9.17, 15) is 4.79 Å². The lowest BCUT2D eigenvalue weighted by Gasteiger charge is -2.16. The van der Waals surface area contributed by atoms with Crippen molar-refractivity contribution in [1.82, 2.24) is 19.7 Å². The fourth-order valence-electron chi connectivity index (χ4n) is 2.62. The number of hydrogen-bond donors (Lipinski definition) is 0. The summed E-state index contributed by atoms with van der Waals surface area (Å²) < 4.78 is 12.8. The average Bonchev–Trinajstić information content (AvgIpc) is 3.32. The maximum absolute atomic E-state index is 12.2. The third-order valence-corrected chi connectivity index (χ3v) is 5.08. The molecule has 0 saturated carbocycles. The van der Waals surface area contributed by atoms with Crippen LogP contribution in [0.15, 0.2) is 52.2 Å². The molecule has 3 aromatic rings. The van der Waals surface area contributed by atoms with E-state index in [-0.39, 0.29) is 11.2 Å². The lowest BCUT2D eigenvalue weighted by Crippen LogP contribution is -2.29. The molecule has 0 unspecified atom stereocenters. The number of benzene rings is 1. The molecule has 0 N–H and O–H groups in total. The normalized spacial score (nSPS) is 12.0. The van der Waals surface area contributed by atoms with E-state index in [0.717, 1.165) is 17.1 Å². The molecule has 0 radical (unpaired) electrons. The topological polar surface area (TPSA) is 73.4 Å². The van der Waals surface area contributed by atoms with Crippen molar-refractivity contribution in [3.8, 4) is 17.1 Å². The van der Waals surface area contributed by atoms with Gasteiger partial charge in [0.05, 0.1) is 25.2 Å². The average molecular weight is 386 g/mol. The Hall–Kier alpha value is -2.74. The van der Waals surface area contributed by atoms with Gasteiger partial charge in [-0.05, 0) is 31.2 Å².